The lowest BCUT2D eigenvalue weighted by molar-refractivity contribution is 0.102. The predicted molar refractivity (Wildman–Crippen MR) is 71.8 cm³/mol. The largest absolute Gasteiger partial charge is 0.384 e. The zero-order valence-electron chi connectivity index (χ0n) is 10.9. The Morgan fingerprint density at radius 2 is 2.21 bits per heavy atom. The van der Waals surface area contributed by atoms with E-state index >= 15 is 0 Å². The summed E-state index contributed by atoms with van der Waals surface area (Å²) in [5.41, 5.74) is 7.67. The molecule has 0 aliphatic rings. The summed E-state index contributed by atoms with van der Waals surface area (Å²) in [4.78, 5) is 16.2. The highest BCUT2D eigenvalue weighted by Gasteiger charge is 2.11. The van der Waals surface area contributed by atoms with E-state index in [1.54, 1.807) is 19.1 Å². The number of hydrogen-bond donors (Lipinski definition) is 2. The van der Waals surface area contributed by atoms with Gasteiger partial charge in [0.25, 0.3) is 5.91 Å². The van der Waals surface area contributed by atoms with Crippen molar-refractivity contribution in [3.05, 3.63) is 35.2 Å². The van der Waals surface area contributed by atoms with Gasteiger partial charge in [-0.05, 0) is 25.5 Å². The number of aryl methyl sites for hydroxylation is 2. The second-order valence-electron chi connectivity index (χ2n) is 4.31. The lowest BCUT2D eigenvalue weighted by atomic mass is 10.1. The molecule has 0 bridgehead atoms. The number of nitrogens with two attached hydrogens (primary N) is 1. The van der Waals surface area contributed by atoms with Crippen molar-refractivity contribution in [1.29, 1.82) is 0 Å². The number of carbonyl (C=O) groups excluding carboxylic acids is 1. The molecule has 0 aromatic carbocycles. The van der Waals surface area contributed by atoms with E-state index in [1.165, 1.54) is 6.07 Å². The Morgan fingerprint density at radius 1 is 1.42 bits per heavy atom. The number of carbonyl (C=O) groups is 1. The van der Waals surface area contributed by atoms with Crippen LogP contribution in [0.15, 0.2) is 22.7 Å². The number of hydrogen-bond acceptors (Lipinski definition) is 5. The minimum Gasteiger partial charge on any atom is -0.384 e. The molecule has 100 valence electrons. The quantitative estimate of drug-likeness (QED) is 0.878. The molecule has 6 nitrogen and oxygen atoms in total. The SMILES string of the molecule is CCCc1cc(C(=O)Nc2cc(C)no2)cc(N)n1. The second-order valence-corrected chi connectivity index (χ2v) is 4.31. The summed E-state index contributed by atoms with van der Waals surface area (Å²) in [6.45, 7) is 3.82. The molecule has 0 atom stereocenters. The van der Waals surface area contributed by atoms with Gasteiger partial charge in [0.1, 0.15) is 5.82 Å². The first kappa shape index (κ1) is 13.1. The van der Waals surface area contributed by atoms with Crippen molar-refractivity contribution in [1.82, 2.24) is 10.1 Å². The van der Waals surface area contributed by atoms with E-state index in [0.29, 0.717) is 23.0 Å². The Morgan fingerprint density at radius 3 is 2.84 bits per heavy atom. The van der Waals surface area contributed by atoms with Gasteiger partial charge in [-0.25, -0.2) is 4.98 Å². The number of pyridine rings is 1. The first-order valence-corrected chi connectivity index (χ1v) is 6.09. The minimum absolute atomic E-state index is 0.289. The van der Waals surface area contributed by atoms with Crippen LogP contribution in [0.25, 0.3) is 0 Å². The summed E-state index contributed by atoms with van der Waals surface area (Å²) in [5.74, 6) is 0.363. The lowest BCUT2D eigenvalue weighted by Crippen LogP contribution is -2.13. The van der Waals surface area contributed by atoms with Crippen LogP contribution in [0.5, 0.6) is 0 Å². The molecule has 0 fully saturated rings. The molecule has 19 heavy (non-hydrogen) atoms. The third kappa shape index (κ3) is 3.31. The fraction of sp³-hybridized carbons (Fsp3) is 0.308. The Kier molecular flexibility index (Phi) is 3.79. The minimum atomic E-state index is -0.289. The second kappa shape index (κ2) is 5.51. The average Bonchev–Trinajstić information content (AvgIpc) is 2.74. The van der Waals surface area contributed by atoms with Crippen LogP contribution >= 0.6 is 0 Å². The highest BCUT2D eigenvalue weighted by Crippen LogP contribution is 2.13. The highest BCUT2D eigenvalue weighted by molar-refractivity contribution is 6.04. The number of amides is 1. The summed E-state index contributed by atoms with van der Waals surface area (Å²) in [7, 11) is 0. The third-order valence-corrected chi connectivity index (χ3v) is 2.53. The molecule has 0 aliphatic heterocycles. The smallest absolute Gasteiger partial charge is 0.258 e. The topological polar surface area (TPSA) is 94.0 Å². The van der Waals surface area contributed by atoms with Crippen LogP contribution in [-0.4, -0.2) is 16.0 Å². The van der Waals surface area contributed by atoms with Gasteiger partial charge >= 0.3 is 0 Å². The number of nitrogens with one attached hydrogen (secondary N) is 1. The molecule has 0 aliphatic carbocycles. The van der Waals surface area contributed by atoms with Gasteiger partial charge in [0.2, 0.25) is 5.88 Å². The molecule has 3 N–H and O–H groups in total. The molecular formula is C13H16N4O2. The van der Waals surface area contributed by atoms with Crippen LogP contribution in [0.2, 0.25) is 0 Å². The third-order valence-electron chi connectivity index (χ3n) is 2.53. The molecule has 2 heterocycles. The van der Waals surface area contributed by atoms with Crippen molar-refractivity contribution < 1.29 is 9.32 Å². The highest BCUT2D eigenvalue weighted by atomic mass is 16.5. The van der Waals surface area contributed by atoms with Crippen LogP contribution in [0.3, 0.4) is 0 Å². The maximum atomic E-state index is 12.0. The maximum Gasteiger partial charge on any atom is 0.258 e. The van der Waals surface area contributed by atoms with E-state index in [2.05, 4.69) is 15.5 Å². The van der Waals surface area contributed by atoms with E-state index in [4.69, 9.17) is 10.3 Å². The molecule has 0 saturated carbocycles. The van der Waals surface area contributed by atoms with E-state index in [1.807, 2.05) is 6.92 Å². The number of nitrogens with zero attached hydrogens (tertiary/aromatic N) is 2. The fourth-order valence-corrected chi connectivity index (χ4v) is 1.73. The maximum absolute atomic E-state index is 12.0. The van der Waals surface area contributed by atoms with Gasteiger partial charge in [-0.15, -0.1) is 0 Å². The molecule has 2 aromatic rings. The van der Waals surface area contributed by atoms with E-state index in [0.717, 1.165) is 18.5 Å². The van der Waals surface area contributed by atoms with E-state index < -0.39 is 0 Å². The molecule has 0 unspecified atom stereocenters. The van der Waals surface area contributed by atoms with Crippen molar-refractivity contribution in [2.75, 3.05) is 11.1 Å². The Balaban J connectivity index is 2.18. The summed E-state index contributed by atoms with van der Waals surface area (Å²) in [6.07, 6.45) is 1.73. The van der Waals surface area contributed by atoms with Crippen LogP contribution < -0.4 is 11.1 Å². The summed E-state index contributed by atoms with van der Waals surface area (Å²) in [5, 5.41) is 6.33. The standard InChI is InChI=1S/C13H16N4O2/c1-3-4-10-6-9(7-11(14)15-10)13(18)16-12-5-8(2)17-19-12/h5-7H,3-4H2,1-2H3,(H2,14,15)(H,16,18). The van der Waals surface area contributed by atoms with Crippen molar-refractivity contribution >= 4 is 17.6 Å². The van der Waals surface area contributed by atoms with Crippen LogP contribution in [0.1, 0.15) is 35.1 Å². The molecule has 0 spiro atoms. The van der Waals surface area contributed by atoms with Gasteiger partial charge in [0, 0.05) is 17.3 Å². The van der Waals surface area contributed by atoms with Gasteiger partial charge in [-0.1, -0.05) is 18.5 Å². The van der Waals surface area contributed by atoms with E-state index in [-0.39, 0.29) is 5.91 Å². The predicted octanol–water partition coefficient (Wildman–Crippen LogP) is 2.17. The van der Waals surface area contributed by atoms with Gasteiger partial charge in [0.05, 0.1) is 5.69 Å². The first-order valence-electron chi connectivity index (χ1n) is 6.09. The normalized spacial score (nSPS) is 10.4. The average molecular weight is 260 g/mol. The number of anilines is 2. The van der Waals surface area contributed by atoms with Crippen molar-refractivity contribution in [3.8, 4) is 0 Å². The fourth-order valence-electron chi connectivity index (χ4n) is 1.73. The Labute approximate surface area is 111 Å². The van der Waals surface area contributed by atoms with Crippen LogP contribution in [0, 0.1) is 6.92 Å². The zero-order valence-corrected chi connectivity index (χ0v) is 10.9. The van der Waals surface area contributed by atoms with Crippen LogP contribution in [-0.2, 0) is 6.42 Å². The molecule has 1 amide bonds. The molecule has 0 saturated heterocycles. The number of nitrogen functional groups attached to an aromatic ring is 1. The van der Waals surface area contributed by atoms with Crippen molar-refractivity contribution in [2.45, 2.75) is 26.7 Å². The number of rotatable bonds is 4. The van der Waals surface area contributed by atoms with Crippen LogP contribution in [0.4, 0.5) is 11.7 Å². The summed E-state index contributed by atoms with van der Waals surface area (Å²) < 4.78 is 4.94. The molecular weight excluding hydrogens is 244 g/mol. The molecule has 6 heteroatoms. The number of aromatic nitrogens is 2. The van der Waals surface area contributed by atoms with Crippen molar-refractivity contribution in [3.63, 3.8) is 0 Å². The van der Waals surface area contributed by atoms with Gasteiger partial charge in [-0.3, -0.25) is 10.1 Å². The van der Waals surface area contributed by atoms with Gasteiger partial charge in [0.15, 0.2) is 0 Å². The Hall–Kier alpha value is -2.37. The summed E-state index contributed by atoms with van der Waals surface area (Å²) >= 11 is 0. The molecule has 2 aromatic heterocycles. The molecule has 0 radical (unpaired) electrons. The monoisotopic (exact) mass is 260 g/mol. The van der Waals surface area contributed by atoms with Gasteiger partial charge in [-0.2, -0.15) is 0 Å². The molecule has 2 rings (SSSR count). The first-order chi connectivity index (χ1) is 9.08. The van der Waals surface area contributed by atoms with E-state index in [9.17, 15) is 4.79 Å². The zero-order chi connectivity index (χ0) is 13.8. The Bertz CT molecular complexity index is 592. The van der Waals surface area contributed by atoms with Crippen molar-refractivity contribution in [2.24, 2.45) is 0 Å². The van der Waals surface area contributed by atoms with Gasteiger partial charge < -0.3 is 10.3 Å². The summed E-state index contributed by atoms with van der Waals surface area (Å²) in [6, 6.07) is 4.92. The lowest BCUT2D eigenvalue weighted by Gasteiger charge is -2.05.